The van der Waals surface area contributed by atoms with Gasteiger partial charge >= 0.3 is 0 Å². The number of aliphatic imine (C=N–C) groups is 1. The third-order valence-electron chi connectivity index (χ3n) is 4.44. The van der Waals surface area contributed by atoms with Gasteiger partial charge in [0, 0.05) is 25.7 Å². The van der Waals surface area contributed by atoms with Crippen LogP contribution in [-0.4, -0.2) is 63.8 Å². The second-order valence-electron chi connectivity index (χ2n) is 6.65. The molecule has 0 aromatic carbocycles. The van der Waals surface area contributed by atoms with Crippen molar-refractivity contribution in [3.63, 3.8) is 0 Å². The fourth-order valence-corrected chi connectivity index (χ4v) is 3.28. The standard InChI is InChI=1S/C17H36N4O/c1-6-18-17(20-14(2)13-22-5)19-12-16(21(3)4)15-10-8-7-9-11-15/h14-16H,6-13H2,1-5H3,(H2,18,19,20). The van der Waals surface area contributed by atoms with Gasteiger partial charge in [-0.05, 0) is 46.7 Å². The molecular formula is C17H36N4O. The summed E-state index contributed by atoms with van der Waals surface area (Å²) in [6, 6.07) is 0.795. The van der Waals surface area contributed by atoms with Crippen molar-refractivity contribution in [3.8, 4) is 0 Å². The Morgan fingerprint density at radius 3 is 2.50 bits per heavy atom. The molecule has 1 saturated carbocycles. The largest absolute Gasteiger partial charge is 0.383 e. The molecule has 1 fully saturated rings. The predicted octanol–water partition coefficient (Wildman–Crippen LogP) is 2.09. The van der Waals surface area contributed by atoms with Crippen LogP contribution in [0.3, 0.4) is 0 Å². The first-order valence-electron chi connectivity index (χ1n) is 8.78. The first-order valence-corrected chi connectivity index (χ1v) is 8.78. The summed E-state index contributed by atoms with van der Waals surface area (Å²) >= 11 is 0. The molecule has 1 rings (SSSR count). The number of nitrogens with zero attached hydrogens (tertiary/aromatic N) is 2. The van der Waals surface area contributed by atoms with Crippen molar-refractivity contribution in [3.05, 3.63) is 0 Å². The Hall–Kier alpha value is -0.810. The highest BCUT2D eigenvalue weighted by molar-refractivity contribution is 5.80. The summed E-state index contributed by atoms with van der Waals surface area (Å²) in [4.78, 5) is 7.18. The zero-order chi connectivity index (χ0) is 16.4. The van der Waals surface area contributed by atoms with Crippen LogP contribution in [-0.2, 0) is 4.74 Å². The van der Waals surface area contributed by atoms with E-state index in [9.17, 15) is 0 Å². The van der Waals surface area contributed by atoms with Crippen molar-refractivity contribution in [1.29, 1.82) is 0 Å². The molecule has 2 unspecified atom stereocenters. The number of rotatable bonds is 8. The zero-order valence-corrected chi connectivity index (χ0v) is 15.2. The third kappa shape index (κ3) is 6.97. The lowest BCUT2D eigenvalue weighted by atomic mass is 9.83. The summed E-state index contributed by atoms with van der Waals surface area (Å²) in [7, 11) is 6.10. The lowest BCUT2D eigenvalue weighted by molar-refractivity contribution is 0.174. The molecule has 1 aliphatic rings. The summed E-state index contributed by atoms with van der Waals surface area (Å²) in [6.45, 7) is 6.63. The van der Waals surface area contributed by atoms with Crippen LogP contribution >= 0.6 is 0 Å². The Labute approximate surface area is 136 Å². The van der Waals surface area contributed by atoms with Gasteiger partial charge < -0.3 is 20.3 Å². The Balaban J connectivity index is 2.62. The molecule has 5 nitrogen and oxygen atoms in total. The fraction of sp³-hybridized carbons (Fsp3) is 0.941. The first kappa shape index (κ1) is 19.2. The molecule has 2 atom stereocenters. The van der Waals surface area contributed by atoms with Gasteiger partial charge in [-0.3, -0.25) is 4.99 Å². The van der Waals surface area contributed by atoms with E-state index < -0.39 is 0 Å². The molecule has 0 bridgehead atoms. The van der Waals surface area contributed by atoms with Crippen LogP contribution < -0.4 is 10.6 Å². The number of ether oxygens (including phenoxy) is 1. The van der Waals surface area contributed by atoms with Crippen molar-refractivity contribution in [2.75, 3.05) is 40.9 Å². The molecule has 0 aliphatic heterocycles. The van der Waals surface area contributed by atoms with Crippen molar-refractivity contribution in [2.45, 2.75) is 58.0 Å². The minimum Gasteiger partial charge on any atom is -0.383 e. The molecule has 0 spiro atoms. The molecule has 1 aliphatic carbocycles. The number of guanidine groups is 1. The third-order valence-corrected chi connectivity index (χ3v) is 4.44. The van der Waals surface area contributed by atoms with E-state index in [2.05, 4.69) is 43.5 Å². The van der Waals surface area contributed by atoms with Gasteiger partial charge in [-0.15, -0.1) is 0 Å². The summed E-state index contributed by atoms with van der Waals surface area (Å²) in [5.41, 5.74) is 0. The Kier molecular flexibility index (Phi) is 9.48. The molecular weight excluding hydrogens is 276 g/mol. The van der Waals surface area contributed by atoms with Crippen LogP contribution in [0.15, 0.2) is 4.99 Å². The van der Waals surface area contributed by atoms with Gasteiger partial charge in [-0.2, -0.15) is 0 Å². The minimum absolute atomic E-state index is 0.260. The van der Waals surface area contributed by atoms with Gasteiger partial charge in [0.25, 0.3) is 0 Å². The topological polar surface area (TPSA) is 48.9 Å². The maximum atomic E-state index is 5.19. The van der Waals surface area contributed by atoms with E-state index in [1.54, 1.807) is 7.11 Å². The molecule has 130 valence electrons. The highest BCUT2D eigenvalue weighted by atomic mass is 16.5. The summed E-state index contributed by atoms with van der Waals surface area (Å²) < 4.78 is 5.19. The SMILES string of the molecule is CCNC(=NCC(C1CCCCC1)N(C)C)NC(C)COC. The van der Waals surface area contributed by atoms with Crippen molar-refractivity contribution >= 4 is 5.96 Å². The lowest BCUT2D eigenvalue weighted by Gasteiger charge is -2.34. The van der Waals surface area contributed by atoms with E-state index in [1.165, 1.54) is 32.1 Å². The highest BCUT2D eigenvalue weighted by Crippen LogP contribution is 2.28. The maximum Gasteiger partial charge on any atom is 0.191 e. The molecule has 5 heteroatoms. The lowest BCUT2D eigenvalue weighted by Crippen LogP contribution is -2.45. The molecule has 0 heterocycles. The van der Waals surface area contributed by atoms with Crippen LogP contribution in [0, 0.1) is 5.92 Å². The minimum atomic E-state index is 0.260. The van der Waals surface area contributed by atoms with Gasteiger partial charge in [0.15, 0.2) is 5.96 Å². The summed E-state index contributed by atoms with van der Waals surface area (Å²) in [6.07, 6.45) is 6.85. The van der Waals surface area contributed by atoms with Crippen LogP contribution in [0.4, 0.5) is 0 Å². The number of methoxy groups -OCH3 is 1. The van der Waals surface area contributed by atoms with E-state index >= 15 is 0 Å². The van der Waals surface area contributed by atoms with E-state index in [0.29, 0.717) is 12.6 Å². The van der Waals surface area contributed by atoms with Gasteiger partial charge in [-0.1, -0.05) is 19.3 Å². The quantitative estimate of drug-likeness (QED) is 0.532. The molecule has 22 heavy (non-hydrogen) atoms. The normalized spacial score (nSPS) is 20.0. The maximum absolute atomic E-state index is 5.19. The van der Waals surface area contributed by atoms with Gasteiger partial charge in [0.1, 0.15) is 0 Å². The van der Waals surface area contributed by atoms with Crippen molar-refractivity contribution in [1.82, 2.24) is 15.5 Å². The zero-order valence-electron chi connectivity index (χ0n) is 15.2. The number of hydrogen-bond acceptors (Lipinski definition) is 3. The number of nitrogens with one attached hydrogen (secondary N) is 2. The Morgan fingerprint density at radius 2 is 1.95 bits per heavy atom. The van der Waals surface area contributed by atoms with E-state index in [1.807, 2.05) is 0 Å². The van der Waals surface area contributed by atoms with Crippen LogP contribution in [0.1, 0.15) is 46.0 Å². The number of likely N-dealkylation sites (N-methyl/N-ethyl adjacent to an activating group) is 1. The van der Waals surface area contributed by atoms with Gasteiger partial charge in [-0.25, -0.2) is 0 Å². The van der Waals surface area contributed by atoms with Crippen molar-refractivity contribution in [2.24, 2.45) is 10.9 Å². The molecule has 0 radical (unpaired) electrons. The summed E-state index contributed by atoms with van der Waals surface area (Å²) in [5.74, 6) is 1.68. The summed E-state index contributed by atoms with van der Waals surface area (Å²) in [5, 5.41) is 6.75. The molecule has 0 amide bonds. The van der Waals surface area contributed by atoms with Crippen LogP contribution in [0.25, 0.3) is 0 Å². The monoisotopic (exact) mass is 312 g/mol. The smallest absolute Gasteiger partial charge is 0.191 e. The van der Waals surface area contributed by atoms with E-state index in [-0.39, 0.29) is 6.04 Å². The van der Waals surface area contributed by atoms with Crippen molar-refractivity contribution < 1.29 is 4.74 Å². The fourth-order valence-electron chi connectivity index (χ4n) is 3.28. The molecule has 0 saturated heterocycles. The van der Waals surface area contributed by atoms with E-state index in [0.717, 1.165) is 25.0 Å². The average Bonchev–Trinajstić information content (AvgIpc) is 2.48. The molecule has 0 aromatic rings. The van der Waals surface area contributed by atoms with Gasteiger partial charge in [0.2, 0.25) is 0 Å². The first-order chi connectivity index (χ1) is 10.6. The molecule has 0 aromatic heterocycles. The second kappa shape index (κ2) is 10.8. The second-order valence-corrected chi connectivity index (χ2v) is 6.65. The van der Waals surface area contributed by atoms with Gasteiger partial charge in [0.05, 0.1) is 13.2 Å². The Bertz CT molecular complexity index is 314. The Morgan fingerprint density at radius 1 is 1.27 bits per heavy atom. The highest BCUT2D eigenvalue weighted by Gasteiger charge is 2.25. The number of hydrogen-bond donors (Lipinski definition) is 2. The predicted molar refractivity (Wildman–Crippen MR) is 94.5 cm³/mol. The van der Waals surface area contributed by atoms with E-state index in [4.69, 9.17) is 9.73 Å². The van der Waals surface area contributed by atoms with Crippen LogP contribution in [0.5, 0.6) is 0 Å². The van der Waals surface area contributed by atoms with Crippen LogP contribution in [0.2, 0.25) is 0 Å². The average molecular weight is 313 g/mol. The molecule has 2 N–H and O–H groups in total.